The third kappa shape index (κ3) is 3.37. The van der Waals surface area contributed by atoms with Gasteiger partial charge in [0.05, 0.1) is 18.7 Å². The van der Waals surface area contributed by atoms with Gasteiger partial charge in [-0.1, -0.05) is 0 Å². The number of ether oxygens (including phenoxy) is 1. The minimum atomic E-state index is -4.14. The van der Waals surface area contributed by atoms with Crippen LogP contribution in [0.15, 0.2) is 12.3 Å². The van der Waals surface area contributed by atoms with Gasteiger partial charge in [0, 0.05) is 19.9 Å². The first-order valence-electron chi connectivity index (χ1n) is 4.09. The van der Waals surface area contributed by atoms with Crippen molar-refractivity contribution in [2.24, 2.45) is 0 Å². The van der Waals surface area contributed by atoms with Crippen molar-refractivity contribution in [3.63, 3.8) is 0 Å². The highest BCUT2D eigenvalue weighted by atomic mass is 19.4. The van der Waals surface area contributed by atoms with E-state index in [-0.39, 0.29) is 13.2 Å². The monoisotopic (exact) mass is 208 g/mol. The third-order valence-electron chi connectivity index (χ3n) is 1.70. The molecule has 0 bridgehead atoms. The first kappa shape index (κ1) is 11.0. The maximum absolute atomic E-state index is 11.9. The molecule has 1 heterocycles. The molecule has 0 fully saturated rings. The summed E-state index contributed by atoms with van der Waals surface area (Å²) < 4.78 is 41.8. The Morgan fingerprint density at radius 1 is 1.50 bits per heavy atom. The van der Waals surface area contributed by atoms with Crippen molar-refractivity contribution < 1.29 is 17.9 Å². The van der Waals surface area contributed by atoms with E-state index in [2.05, 4.69) is 5.10 Å². The zero-order valence-electron chi connectivity index (χ0n) is 7.71. The van der Waals surface area contributed by atoms with Gasteiger partial charge in [-0.3, -0.25) is 4.68 Å². The first-order valence-corrected chi connectivity index (χ1v) is 4.09. The van der Waals surface area contributed by atoms with Crippen LogP contribution in [-0.4, -0.2) is 23.1 Å². The summed E-state index contributed by atoms with van der Waals surface area (Å²) >= 11 is 0. The minimum absolute atomic E-state index is 0.158. The fourth-order valence-corrected chi connectivity index (χ4v) is 1.06. The molecule has 0 aliphatic rings. The van der Waals surface area contributed by atoms with Crippen molar-refractivity contribution in [3.05, 3.63) is 18.0 Å². The zero-order valence-corrected chi connectivity index (χ0v) is 7.71. The van der Waals surface area contributed by atoms with E-state index in [4.69, 9.17) is 4.74 Å². The number of methoxy groups -OCH3 is 1. The average molecular weight is 208 g/mol. The average Bonchev–Trinajstić information content (AvgIpc) is 2.48. The second kappa shape index (κ2) is 4.45. The van der Waals surface area contributed by atoms with Crippen molar-refractivity contribution in [3.8, 4) is 0 Å². The molecule has 0 aromatic carbocycles. The highest BCUT2D eigenvalue weighted by molar-refractivity contribution is 4.98. The highest BCUT2D eigenvalue weighted by Gasteiger charge is 2.27. The molecule has 0 amide bonds. The first-order chi connectivity index (χ1) is 6.53. The number of hydrogen-bond donors (Lipinski definition) is 0. The predicted molar refractivity (Wildman–Crippen MR) is 43.6 cm³/mol. The Morgan fingerprint density at radius 2 is 2.21 bits per heavy atom. The molecule has 6 heteroatoms. The number of nitrogens with zero attached hydrogens (tertiary/aromatic N) is 2. The van der Waals surface area contributed by atoms with Crippen molar-refractivity contribution in [1.82, 2.24) is 9.78 Å². The van der Waals surface area contributed by atoms with Crippen LogP contribution in [0.4, 0.5) is 13.2 Å². The van der Waals surface area contributed by atoms with Gasteiger partial charge in [-0.05, 0) is 6.07 Å². The van der Waals surface area contributed by atoms with Gasteiger partial charge in [0.15, 0.2) is 0 Å². The molecule has 0 aliphatic carbocycles. The lowest BCUT2D eigenvalue weighted by atomic mass is 10.4. The van der Waals surface area contributed by atoms with Crippen LogP contribution in [0.25, 0.3) is 0 Å². The predicted octanol–water partition coefficient (Wildman–Crippen LogP) is 1.98. The van der Waals surface area contributed by atoms with Gasteiger partial charge >= 0.3 is 6.18 Å². The van der Waals surface area contributed by atoms with Gasteiger partial charge in [-0.15, -0.1) is 0 Å². The van der Waals surface area contributed by atoms with Crippen LogP contribution in [0.3, 0.4) is 0 Å². The fraction of sp³-hybridized carbons (Fsp3) is 0.625. The number of alkyl halides is 3. The summed E-state index contributed by atoms with van der Waals surface area (Å²) in [6.07, 6.45) is -3.55. The number of hydrogen-bond acceptors (Lipinski definition) is 2. The van der Waals surface area contributed by atoms with Crippen molar-refractivity contribution >= 4 is 0 Å². The molecule has 0 aliphatic heterocycles. The molecule has 0 N–H and O–H groups in total. The Hall–Kier alpha value is -1.04. The Morgan fingerprint density at radius 3 is 2.79 bits per heavy atom. The molecule has 0 radical (unpaired) electrons. The van der Waals surface area contributed by atoms with Crippen LogP contribution in [0.5, 0.6) is 0 Å². The van der Waals surface area contributed by atoms with Crippen LogP contribution in [-0.2, 0) is 17.9 Å². The molecule has 1 aromatic heterocycles. The number of aromatic nitrogens is 2. The van der Waals surface area contributed by atoms with Crippen LogP contribution in [0.2, 0.25) is 0 Å². The summed E-state index contributed by atoms with van der Waals surface area (Å²) in [5.74, 6) is 0. The molecule has 0 spiro atoms. The summed E-state index contributed by atoms with van der Waals surface area (Å²) in [7, 11) is 1.49. The third-order valence-corrected chi connectivity index (χ3v) is 1.70. The highest BCUT2D eigenvalue weighted by Crippen LogP contribution is 2.20. The van der Waals surface area contributed by atoms with E-state index < -0.39 is 12.6 Å². The summed E-state index contributed by atoms with van der Waals surface area (Å²) in [6.45, 7) is 0.118. The second-order valence-corrected chi connectivity index (χ2v) is 2.84. The second-order valence-electron chi connectivity index (χ2n) is 2.84. The van der Waals surface area contributed by atoms with Gasteiger partial charge in [-0.25, -0.2) is 0 Å². The molecule has 1 aromatic rings. The Kier molecular flexibility index (Phi) is 3.51. The zero-order chi connectivity index (χ0) is 10.6. The van der Waals surface area contributed by atoms with E-state index in [1.54, 1.807) is 6.07 Å². The van der Waals surface area contributed by atoms with Gasteiger partial charge in [0.25, 0.3) is 0 Å². The van der Waals surface area contributed by atoms with Gasteiger partial charge in [0.2, 0.25) is 0 Å². The minimum Gasteiger partial charge on any atom is -0.378 e. The summed E-state index contributed by atoms with van der Waals surface area (Å²) in [4.78, 5) is 0. The molecule has 0 unspecified atom stereocenters. The smallest absolute Gasteiger partial charge is 0.378 e. The molecule has 0 saturated heterocycles. The molecule has 0 atom stereocenters. The molecule has 1 rings (SSSR count). The molecule has 0 saturated carbocycles. The normalized spacial score (nSPS) is 12.0. The summed E-state index contributed by atoms with van der Waals surface area (Å²) in [6, 6.07) is 1.64. The SMILES string of the molecule is COCc1ccnn1CCC(F)(F)F. The summed E-state index contributed by atoms with van der Waals surface area (Å²) in [5.41, 5.74) is 0.650. The maximum Gasteiger partial charge on any atom is 0.390 e. The lowest BCUT2D eigenvalue weighted by molar-refractivity contribution is -0.137. The lowest BCUT2D eigenvalue weighted by Gasteiger charge is -2.08. The van der Waals surface area contributed by atoms with Gasteiger partial charge in [0.1, 0.15) is 0 Å². The summed E-state index contributed by atoms with van der Waals surface area (Å²) in [5, 5.41) is 3.77. The van der Waals surface area contributed by atoms with E-state index >= 15 is 0 Å². The Balaban J connectivity index is 2.53. The van der Waals surface area contributed by atoms with Crippen LogP contribution in [0.1, 0.15) is 12.1 Å². The molecular weight excluding hydrogens is 197 g/mol. The standard InChI is InChI=1S/C8H11F3N2O/c1-14-6-7-2-4-12-13(7)5-3-8(9,10)11/h2,4H,3,5-6H2,1H3. The Bertz CT molecular complexity index is 282. The number of rotatable bonds is 4. The van der Waals surface area contributed by atoms with Gasteiger partial charge in [-0.2, -0.15) is 18.3 Å². The van der Waals surface area contributed by atoms with Crippen LogP contribution >= 0.6 is 0 Å². The van der Waals surface area contributed by atoms with E-state index in [9.17, 15) is 13.2 Å². The molecular formula is C8H11F3N2O. The molecule has 14 heavy (non-hydrogen) atoms. The quantitative estimate of drug-likeness (QED) is 0.756. The van der Waals surface area contributed by atoms with Crippen molar-refractivity contribution in [2.75, 3.05) is 7.11 Å². The van der Waals surface area contributed by atoms with Crippen molar-refractivity contribution in [1.29, 1.82) is 0 Å². The molecule has 3 nitrogen and oxygen atoms in total. The van der Waals surface area contributed by atoms with Crippen molar-refractivity contribution in [2.45, 2.75) is 25.7 Å². The van der Waals surface area contributed by atoms with E-state index in [0.29, 0.717) is 5.69 Å². The lowest BCUT2D eigenvalue weighted by Crippen LogP contribution is -2.14. The largest absolute Gasteiger partial charge is 0.390 e. The fourth-order valence-electron chi connectivity index (χ4n) is 1.06. The number of halogens is 3. The van der Waals surface area contributed by atoms with Crippen LogP contribution in [0, 0.1) is 0 Å². The van der Waals surface area contributed by atoms with E-state index in [1.807, 2.05) is 0 Å². The van der Waals surface area contributed by atoms with Gasteiger partial charge < -0.3 is 4.74 Å². The van der Waals surface area contributed by atoms with E-state index in [1.165, 1.54) is 18.0 Å². The maximum atomic E-state index is 11.9. The number of aryl methyl sites for hydroxylation is 1. The Labute approximate surface area is 79.5 Å². The van der Waals surface area contributed by atoms with E-state index in [0.717, 1.165) is 0 Å². The topological polar surface area (TPSA) is 27.1 Å². The molecule has 80 valence electrons. The van der Waals surface area contributed by atoms with Crippen LogP contribution < -0.4 is 0 Å².